The average molecular weight is 268 g/mol. The van der Waals surface area contributed by atoms with Crippen LogP contribution in [0.1, 0.15) is 11.3 Å². The van der Waals surface area contributed by atoms with Crippen molar-refractivity contribution in [2.45, 2.75) is 13.1 Å². The van der Waals surface area contributed by atoms with Gasteiger partial charge in [0.05, 0.1) is 17.6 Å². The van der Waals surface area contributed by atoms with Crippen molar-refractivity contribution in [3.8, 4) is 5.69 Å². The third-order valence-corrected chi connectivity index (χ3v) is 3.03. The molecule has 5 heteroatoms. The van der Waals surface area contributed by atoms with Gasteiger partial charge in [-0.25, -0.2) is 4.68 Å². The van der Waals surface area contributed by atoms with E-state index < -0.39 is 0 Å². The van der Waals surface area contributed by atoms with Crippen LogP contribution in [0.5, 0.6) is 0 Å². The molecule has 0 aliphatic rings. The van der Waals surface area contributed by atoms with Crippen molar-refractivity contribution in [1.29, 1.82) is 0 Å². The van der Waals surface area contributed by atoms with Crippen molar-refractivity contribution < 1.29 is 4.52 Å². The van der Waals surface area contributed by atoms with Gasteiger partial charge in [-0.3, -0.25) is 4.90 Å². The molecular formula is C15H16N4O. The molecule has 102 valence electrons. The summed E-state index contributed by atoms with van der Waals surface area (Å²) in [7, 11) is 2.05. The molecule has 0 spiro atoms. The van der Waals surface area contributed by atoms with Gasteiger partial charge < -0.3 is 4.52 Å². The summed E-state index contributed by atoms with van der Waals surface area (Å²) in [5.41, 5.74) is 3.17. The molecule has 0 aliphatic heterocycles. The van der Waals surface area contributed by atoms with Gasteiger partial charge in [-0.15, -0.1) is 0 Å². The van der Waals surface area contributed by atoms with Crippen molar-refractivity contribution in [3.63, 3.8) is 0 Å². The minimum atomic E-state index is 0.757. The number of benzene rings is 1. The van der Waals surface area contributed by atoms with Gasteiger partial charge in [0.2, 0.25) is 0 Å². The van der Waals surface area contributed by atoms with E-state index in [-0.39, 0.29) is 0 Å². The summed E-state index contributed by atoms with van der Waals surface area (Å²) in [5, 5.41) is 8.31. The lowest BCUT2D eigenvalue weighted by atomic mass is 10.3. The van der Waals surface area contributed by atoms with Crippen LogP contribution in [0.15, 0.2) is 59.6 Å². The summed E-state index contributed by atoms with van der Waals surface area (Å²) < 4.78 is 6.72. The van der Waals surface area contributed by atoms with Crippen LogP contribution in [-0.4, -0.2) is 26.9 Å². The molecule has 1 aromatic carbocycles. The maximum absolute atomic E-state index is 4.83. The molecule has 20 heavy (non-hydrogen) atoms. The lowest BCUT2D eigenvalue weighted by molar-refractivity contribution is 0.303. The number of aromatic nitrogens is 3. The maximum Gasteiger partial charge on any atom is 0.124 e. The molecule has 0 atom stereocenters. The van der Waals surface area contributed by atoms with Crippen molar-refractivity contribution in [3.05, 3.63) is 66.3 Å². The zero-order valence-electron chi connectivity index (χ0n) is 11.3. The van der Waals surface area contributed by atoms with Crippen LogP contribution >= 0.6 is 0 Å². The highest BCUT2D eigenvalue weighted by molar-refractivity contribution is 5.30. The summed E-state index contributed by atoms with van der Waals surface area (Å²) in [6.07, 6.45) is 5.54. The van der Waals surface area contributed by atoms with E-state index >= 15 is 0 Å². The number of hydrogen-bond acceptors (Lipinski definition) is 4. The average Bonchev–Trinajstić information content (AvgIpc) is 3.11. The van der Waals surface area contributed by atoms with Crippen molar-refractivity contribution >= 4 is 0 Å². The van der Waals surface area contributed by atoms with Crippen LogP contribution in [0, 0.1) is 0 Å². The second-order valence-corrected chi connectivity index (χ2v) is 4.79. The smallest absolute Gasteiger partial charge is 0.124 e. The Morgan fingerprint density at radius 2 is 2.00 bits per heavy atom. The molecule has 0 unspecified atom stereocenters. The Hall–Kier alpha value is -2.40. The largest absolute Gasteiger partial charge is 0.364 e. The van der Waals surface area contributed by atoms with Crippen molar-refractivity contribution in [1.82, 2.24) is 19.8 Å². The number of nitrogens with zero attached hydrogens (tertiary/aromatic N) is 4. The van der Waals surface area contributed by atoms with E-state index in [4.69, 9.17) is 4.52 Å². The third-order valence-electron chi connectivity index (χ3n) is 3.03. The van der Waals surface area contributed by atoms with E-state index in [2.05, 4.69) is 28.4 Å². The Bertz CT molecular complexity index is 646. The highest BCUT2D eigenvalue weighted by Gasteiger charge is 2.06. The van der Waals surface area contributed by atoms with E-state index in [0.717, 1.165) is 24.5 Å². The second-order valence-electron chi connectivity index (χ2n) is 4.79. The molecule has 2 heterocycles. The second kappa shape index (κ2) is 5.71. The van der Waals surface area contributed by atoms with Crippen LogP contribution in [-0.2, 0) is 13.1 Å². The van der Waals surface area contributed by atoms with Crippen molar-refractivity contribution in [2.75, 3.05) is 7.05 Å². The Labute approximate surface area is 117 Å². The molecule has 0 amide bonds. The minimum absolute atomic E-state index is 0.757. The zero-order chi connectivity index (χ0) is 13.8. The number of para-hydroxylation sites is 1. The third kappa shape index (κ3) is 2.95. The van der Waals surface area contributed by atoms with E-state index in [1.165, 1.54) is 5.56 Å². The molecule has 0 saturated heterocycles. The fourth-order valence-corrected chi connectivity index (χ4v) is 2.13. The summed E-state index contributed by atoms with van der Waals surface area (Å²) in [6, 6.07) is 12.0. The van der Waals surface area contributed by atoms with Crippen LogP contribution in [0.4, 0.5) is 0 Å². The van der Waals surface area contributed by atoms with Gasteiger partial charge in [-0.2, -0.15) is 5.10 Å². The highest BCUT2D eigenvalue weighted by Crippen LogP contribution is 2.10. The van der Waals surface area contributed by atoms with Crippen LogP contribution in [0.2, 0.25) is 0 Å². The summed E-state index contributed by atoms with van der Waals surface area (Å²) in [5.74, 6) is 0. The quantitative estimate of drug-likeness (QED) is 0.713. The fraction of sp³-hybridized carbons (Fsp3) is 0.200. The van der Waals surface area contributed by atoms with Crippen LogP contribution < -0.4 is 0 Å². The van der Waals surface area contributed by atoms with Gasteiger partial charge in [0.1, 0.15) is 6.26 Å². The predicted octanol–water partition coefficient (Wildman–Crippen LogP) is 2.49. The zero-order valence-corrected chi connectivity index (χ0v) is 11.3. The summed E-state index contributed by atoms with van der Waals surface area (Å²) in [4.78, 5) is 2.17. The van der Waals surface area contributed by atoms with Gasteiger partial charge in [0.15, 0.2) is 0 Å². The monoisotopic (exact) mass is 268 g/mol. The molecule has 0 fully saturated rings. The Morgan fingerprint density at radius 3 is 2.75 bits per heavy atom. The Balaban J connectivity index is 1.65. The first-order valence-electron chi connectivity index (χ1n) is 6.48. The normalized spacial score (nSPS) is 11.1. The summed E-state index contributed by atoms with van der Waals surface area (Å²) >= 11 is 0. The van der Waals surface area contributed by atoms with Gasteiger partial charge >= 0.3 is 0 Å². The van der Waals surface area contributed by atoms with Gasteiger partial charge in [-0.1, -0.05) is 23.4 Å². The lowest BCUT2D eigenvalue weighted by Gasteiger charge is -2.13. The van der Waals surface area contributed by atoms with Gasteiger partial charge in [0.25, 0.3) is 0 Å². The Kier molecular flexibility index (Phi) is 3.60. The molecule has 0 saturated carbocycles. The molecule has 0 N–H and O–H groups in total. The van der Waals surface area contributed by atoms with Gasteiger partial charge in [-0.05, 0) is 19.2 Å². The maximum atomic E-state index is 4.83. The van der Waals surface area contributed by atoms with Gasteiger partial charge in [0, 0.05) is 30.9 Å². The summed E-state index contributed by atoms with van der Waals surface area (Å²) in [6.45, 7) is 1.58. The van der Waals surface area contributed by atoms with Crippen LogP contribution in [0.3, 0.4) is 0 Å². The minimum Gasteiger partial charge on any atom is -0.364 e. The van der Waals surface area contributed by atoms with Crippen LogP contribution in [0.25, 0.3) is 5.69 Å². The first-order chi connectivity index (χ1) is 9.81. The highest BCUT2D eigenvalue weighted by atomic mass is 16.5. The fourth-order valence-electron chi connectivity index (χ4n) is 2.13. The Morgan fingerprint density at radius 1 is 1.15 bits per heavy atom. The molecule has 0 aliphatic carbocycles. The number of hydrogen-bond donors (Lipinski definition) is 0. The first kappa shape index (κ1) is 12.6. The standard InChI is InChI=1S/C15H16N4O/c1-18(12-14-7-8-20-17-14)10-13-9-16-19(11-13)15-5-3-2-4-6-15/h2-9,11H,10,12H2,1H3. The predicted molar refractivity (Wildman–Crippen MR) is 75.2 cm³/mol. The van der Waals surface area contributed by atoms with E-state index in [9.17, 15) is 0 Å². The molecular weight excluding hydrogens is 252 g/mol. The molecule has 0 bridgehead atoms. The molecule has 3 aromatic rings. The first-order valence-corrected chi connectivity index (χ1v) is 6.48. The lowest BCUT2D eigenvalue weighted by Crippen LogP contribution is -2.17. The van der Waals surface area contributed by atoms with E-state index in [1.54, 1.807) is 6.26 Å². The molecule has 2 aromatic heterocycles. The van der Waals surface area contributed by atoms with E-state index in [0.29, 0.717) is 0 Å². The van der Waals surface area contributed by atoms with E-state index in [1.807, 2.05) is 47.3 Å². The number of rotatable bonds is 5. The topological polar surface area (TPSA) is 47.1 Å². The molecule has 3 rings (SSSR count). The molecule has 5 nitrogen and oxygen atoms in total. The molecule has 0 radical (unpaired) electrons. The SMILES string of the molecule is CN(Cc1cnn(-c2ccccc2)c1)Cc1ccon1. The van der Waals surface area contributed by atoms with Crippen molar-refractivity contribution in [2.24, 2.45) is 0 Å².